The first kappa shape index (κ1) is 26.1. The fourth-order valence-corrected chi connectivity index (χ4v) is 3.24. The van der Waals surface area contributed by atoms with Crippen molar-refractivity contribution in [2.45, 2.75) is 123 Å². The van der Waals surface area contributed by atoms with Crippen LogP contribution in [0.3, 0.4) is 0 Å². The number of likely N-dealkylation sites (N-methyl/N-ethyl adjacent to an activating group) is 1. The van der Waals surface area contributed by atoms with Crippen LogP contribution in [0.2, 0.25) is 0 Å². The highest BCUT2D eigenvalue weighted by molar-refractivity contribution is 5.84. The smallest absolute Gasteiger partial charge is 0.305 e. The predicted octanol–water partition coefficient (Wildman–Crippen LogP) is 5.97. The molecule has 160 valence electrons. The van der Waals surface area contributed by atoms with E-state index in [1.807, 2.05) is 0 Å². The Hall–Kier alpha value is -0.900. The van der Waals surface area contributed by atoms with Crippen LogP contribution in [-0.4, -0.2) is 31.4 Å². The average Bonchev–Trinajstić information content (AvgIpc) is 2.67. The van der Waals surface area contributed by atoms with Crippen LogP contribution >= 0.6 is 0 Å². The molecule has 0 aliphatic rings. The Morgan fingerprint density at radius 3 is 1.63 bits per heavy atom. The van der Waals surface area contributed by atoms with Crippen molar-refractivity contribution in [2.24, 2.45) is 0 Å². The van der Waals surface area contributed by atoms with E-state index < -0.39 is 0 Å². The molecule has 0 aromatic carbocycles. The fraction of sp³-hybridized carbons (Fsp3) is 0.913. The third-order valence-corrected chi connectivity index (χ3v) is 5.16. The Morgan fingerprint density at radius 1 is 0.704 bits per heavy atom. The first-order chi connectivity index (χ1) is 13.2. The molecule has 0 fully saturated rings. The van der Waals surface area contributed by atoms with Gasteiger partial charge in [-0.05, 0) is 19.9 Å². The number of ketones is 1. The molecule has 27 heavy (non-hydrogen) atoms. The van der Waals surface area contributed by atoms with E-state index in [-0.39, 0.29) is 24.4 Å². The van der Waals surface area contributed by atoms with Gasteiger partial charge >= 0.3 is 5.97 Å². The zero-order valence-electron chi connectivity index (χ0n) is 18.3. The Bertz CT molecular complexity index is 358. The molecular formula is C23H45NO3. The van der Waals surface area contributed by atoms with Gasteiger partial charge in [0.2, 0.25) is 0 Å². The summed E-state index contributed by atoms with van der Waals surface area (Å²) in [6, 6.07) is -0.358. The first-order valence-corrected chi connectivity index (χ1v) is 11.5. The minimum absolute atomic E-state index is 0.157. The standard InChI is InChI=1S/C23H45NO3/c1-4-6-8-10-11-12-13-15-17-19-23(26)27-20-21(24-3)22(25)18-16-14-9-7-5-2/h21,24H,4-20H2,1-3H3. The Kier molecular flexibility index (Phi) is 19.2. The van der Waals surface area contributed by atoms with Crippen LogP contribution in [0.5, 0.6) is 0 Å². The molecule has 0 heterocycles. The van der Waals surface area contributed by atoms with Crippen molar-refractivity contribution in [3.8, 4) is 0 Å². The second kappa shape index (κ2) is 19.9. The number of rotatable bonds is 20. The molecule has 0 saturated carbocycles. The van der Waals surface area contributed by atoms with Crippen LogP contribution in [0, 0.1) is 0 Å². The summed E-state index contributed by atoms with van der Waals surface area (Å²) < 4.78 is 5.31. The van der Waals surface area contributed by atoms with Gasteiger partial charge in [-0.15, -0.1) is 0 Å². The van der Waals surface area contributed by atoms with Crippen molar-refractivity contribution in [2.75, 3.05) is 13.7 Å². The predicted molar refractivity (Wildman–Crippen MR) is 114 cm³/mol. The molecule has 4 heteroatoms. The normalized spacial score (nSPS) is 12.1. The molecule has 0 rings (SSSR count). The second-order valence-electron chi connectivity index (χ2n) is 7.73. The molecule has 1 atom stereocenters. The van der Waals surface area contributed by atoms with Gasteiger partial charge < -0.3 is 10.1 Å². The maximum absolute atomic E-state index is 12.2. The summed E-state index contributed by atoms with van der Waals surface area (Å²) in [4.78, 5) is 24.1. The van der Waals surface area contributed by atoms with Crippen LogP contribution in [0.15, 0.2) is 0 Å². The SMILES string of the molecule is CCCCCCCCCCCC(=O)OCC(NC)C(=O)CCCCCCC. The van der Waals surface area contributed by atoms with Crippen molar-refractivity contribution >= 4 is 11.8 Å². The summed E-state index contributed by atoms with van der Waals surface area (Å²) in [5.41, 5.74) is 0. The summed E-state index contributed by atoms with van der Waals surface area (Å²) >= 11 is 0. The minimum Gasteiger partial charge on any atom is -0.464 e. The van der Waals surface area contributed by atoms with Gasteiger partial charge in [-0.25, -0.2) is 0 Å². The molecule has 0 spiro atoms. The lowest BCUT2D eigenvalue weighted by Gasteiger charge is -2.15. The molecule has 4 nitrogen and oxygen atoms in total. The van der Waals surface area contributed by atoms with Crippen molar-refractivity contribution < 1.29 is 14.3 Å². The van der Waals surface area contributed by atoms with E-state index in [0.717, 1.165) is 25.7 Å². The number of unbranched alkanes of at least 4 members (excludes halogenated alkanes) is 12. The quantitative estimate of drug-likeness (QED) is 0.208. The molecule has 0 saturated heterocycles. The number of hydrogen-bond donors (Lipinski definition) is 1. The molecule has 0 radical (unpaired) electrons. The van der Waals surface area contributed by atoms with Gasteiger partial charge in [-0.1, -0.05) is 90.9 Å². The van der Waals surface area contributed by atoms with E-state index in [4.69, 9.17) is 4.74 Å². The topological polar surface area (TPSA) is 55.4 Å². The Labute approximate surface area is 168 Å². The fourth-order valence-electron chi connectivity index (χ4n) is 3.24. The molecule has 1 N–H and O–H groups in total. The Balaban J connectivity index is 3.65. The lowest BCUT2D eigenvalue weighted by Crippen LogP contribution is -2.38. The number of Topliss-reactive ketones (excluding diaryl/α,β-unsaturated/α-hetero) is 1. The average molecular weight is 384 g/mol. The summed E-state index contributed by atoms with van der Waals surface area (Å²) in [6.45, 7) is 4.59. The van der Waals surface area contributed by atoms with Crippen LogP contribution in [0.4, 0.5) is 0 Å². The van der Waals surface area contributed by atoms with Crippen molar-refractivity contribution in [3.05, 3.63) is 0 Å². The number of nitrogens with one attached hydrogen (secondary N) is 1. The monoisotopic (exact) mass is 383 g/mol. The van der Waals surface area contributed by atoms with E-state index in [2.05, 4.69) is 19.2 Å². The molecule has 1 unspecified atom stereocenters. The van der Waals surface area contributed by atoms with E-state index in [1.165, 1.54) is 64.2 Å². The first-order valence-electron chi connectivity index (χ1n) is 11.5. The highest BCUT2D eigenvalue weighted by atomic mass is 16.5. The maximum Gasteiger partial charge on any atom is 0.305 e. The van der Waals surface area contributed by atoms with Crippen LogP contribution in [-0.2, 0) is 14.3 Å². The van der Waals surface area contributed by atoms with Gasteiger partial charge in [0.05, 0.1) is 0 Å². The summed E-state index contributed by atoms with van der Waals surface area (Å²) in [5, 5.41) is 2.99. The second-order valence-corrected chi connectivity index (χ2v) is 7.73. The van der Waals surface area contributed by atoms with Crippen molar-refractivity contribution in [3.63, 3.8) is 0 Å². The van der Waals surface area contributed by atoms with Gasteiger partial charge in [0.15, 0.2) is 5.78 Å². The summed E-state index contributed by atoms with van der Waals surface area (Å²) in [6.07, 6.45) is 17.8. The van der Waals surface area contributed by atoms with Gasteiger partial charge in [-0.3, -0.25) is 9.59 Å². The Morgan fingerprint density at radius 2 is 1.15 bits per heavy atom. The number of esters is 1. The van der Waals surface area contributed by atoms with Crippen LogP contribution in [0.1, 0.15) is 117 Å². The number of hydrogen-bond acceptors (Lipinski definition) is 4. The van der Waals surface area contributed by atoms with Gasteiger partial charge in [0.1, 0.15) is 12.6 Å². The molecule has 0 bridgehead atoms. The third kappa shape index (κ3) is 17.0. The van der Waals surface area contributed by atoms with E-state index in [9.17, 15) is 9.59 Å². The zero-order valence-corrected chi connectivity index (χ0v) is 18.3. The van der Waals surface area contributed by atoms with Gasteiger partial charge in [0, 0.05) is 12.8 Å². The third-order valence-electron chi connectivity index (χ3n) is 5.16. The maximum atomic E-state index is 12.2. The van der Waals surface area contributed by atoms with E-state index in [1.54, 1.807) is 7.05 Å². The zero-order chi connectivity index (χ0) is 20.2. The number of carbonyl (C=O) groups excluding carboxylic acids is 2. The van der Waals surface area contributed by atoms with Crippen LogP contribution < -0.4 is 5.32 Å². The molecule has 0 aromatic heterocycles. The number of carbonyl (C=O) groups is 2. The lowest BCUT2D eigenvalue weighted by molar-refractivity contribution is -0.145. The van der Waals surface area contributed by atoms with Crippen molar-refractivity contribution in [1.29, 1.82) is 0 Å². The van der Waals surface area contributed by atoms with Gasteiger partial charge in [-0.2, -0.15) is 0 Å². The highest BCUT2D eigenvalue weighted by Gasteiger charge is 2.17. The minimum atomic E-state index is -0.358. The molecule has 0 aliphatic carbocycles. The molecule has 0 aromatic rings. The molecular weight excluding hydrogens is 338 g/mol. The summed E-state index contributed by atoms with van der Waals surface area (Å²) in [7, 11) is 1.76. The molecule has 0 aliphatic heterocycles. The van der Waals surface area contributed by atoms with Crippen molar-refractivity contribution in [1.82, 2.24) is 5.32 Å². The highest BCUT2D eigenvalue weighted by Crippen LogP contribution is 2.11. The van der Waals surface area contributed by atoms with E-state index in [0.29, 0.717) is 12.8 Å². The van der Waals surface area contributed by atoms with Gasteiger partial charge in [0.25, 0.3) is 0 Å². The van der Waals surface area contributed by atoms with Crippen LogP contribution in [0.25, 0.3) is 0 Å². The van der Waals surface area contributed by atoms with E-state index >= 15 is 0 Å². The number of ether oxygens (including phenoxy) is 1. The largest absolute Gasteiger partial charge is 0.464 e. The molecule has 0 amide bonds. The summed E-state index contributed by atoms with van der Waals surface area (Å²) in [5.74, 6) is -0.0150. The lowest BCUT2D eigenvalue weighted by atomic mass is 10.0.